The number of Topliss-reactive ketones (excluding diaryl/α,β-unsaturated/α-hetero) is 1. The molecule has 0 spiro atoms. The van der Waals surface area contributed by atoms with Crippen LogP contribution in [-0.2, 0) is 6.42 Å². The first-order chi connectivity index (χ1) is 11.1. The lowest BCUT2D eigenvalue weighted by molar-refractivity contribution is 0.0681. The van der Waals surface area contributed by atoms with Crippen molar-refractivity contribution in [1.82, 2.24) is 15.2 Å². The van der Waals surface area contributed by atoms with E-state index in [9.17, 15) is 9.59 Å². The van der Waals surface area contributed by atoms with Gasteiger partial charge in [-0.25, -0.2) is 0 Å². The fourth-order valence-electron chi connectivity index (χ4n) is 3.92. The smallest absolute Gasteiger partial charge is 0.270 e. The first-order valence-corrected chi connectivity index (χ1v) is 8.80. The number of nitrogens with one attached hydrogen (secondary N) is 2. The number of ketones is 1. The van der Waals surface area contributed by atoms with Crippen LogP contribution in [0.15, 0.2) is 0 Å². The van der Waals surface area contributed by atoms with Crippen molar-refractivity contribution in [2.24, 2.45) is 5.92 Å². The summed E-state index contributed by atoms with van der Waals surface area (Å²) in [7, 11) is 1.98. The third-order valence-electron chi connectivity index (χ3n) is 5.36. The maximum Gasteiger partial charge on any atom is 0.270 e. The van der Waals surface area contributed by atoms with Crippen LogP contribution < -0.4 is 5.32 Å². The van der Waals surface area contributed by atoms with Crippen LogP contribution in [0.4, 0.5) is 0 Å². The Hall–Kier alpha value is -1.62. The Balaban J connectivity index is 1.69. The summed E-state index contributed by atoms with van der Waals surface area (Å²) < 4.78 is 0. The zero-order chi connectivity index (χ0) is 16.4. The minimum Gasteiger partial charge on any atom is -0.354 e. The number of hydrogen-bond acceptors (Lipinski definition) is 3. The van der Waals surface area contributed by atoms with Crippen molar-refractivity contribution < 1.29 is 9.59 Å². The molecular weight excluding hydrogens is 290 g/mol. The van der Waals surface area contributed by atoms with Gasteiger partial charge in [-0.1, -0.05) is 0 Å². The topological polar surface area (TPSA) is 65.2 Å². The average molecular weight is 317 g/mol. The Morgan fingerprint density at radius 3 is 2.70 bits per heavy atom. The van der Waals surface area contributed by atoms with Crippen LogP contribution in [-0.4, -0.2) is 48.3 Å². The number of H-pyrrole nitrogens is 1. The van der Waals surface area contributed by atoms with E-state index in [1.165, 1.54) is 6.42 Å². The molecule has 0 unspecified atom stereocenters. The quantitative estimate of drug-likeness (QED) is 0.895. The molecule has 0 bridgehead atoms. The maximum atomic E-state index is 12.8. The van der Waals surface area contributed by atoms with Crippen LogP contribution in [0.2, 0.25) is 0 Å². The highest BCUT2D eigenvalue weighted by atomic mass is 16.2. The van der Waals surface area contributed by atoms with E-state index >= 15 is 0 Å². The number of amides is 1. The molecule has 2 N–H and O–H groups in total. The van der Waals surface area contributed by atoms with E-state index in [0.29, 0.717) is 18.0 Å². The number of aromatic nitrogens is 1. The lowest BCUT2D eigenvalue weighted by atomic mass is 9.92. The molecule has 5 heteroatoms. The SMILES string of the molecule is CNCCC1CCN(C(=O)c2[nH]c3c(c2C)C(=O)CCC3)CC1. The van der Waals surface area contributed by atoms with Crippen LogP contribution >= 0.6 is 0 Å². The Labute approximate surface area is 137 Å². The predicted octanol–water partition coefficient (Wildman–Crippen LogP) is 2.30. The summed E-state index contributed by atoms with van der Waals surface area (Å²) in [6.07, 6.45) is 5.70. The van der Waals surface area contributed by atoms with Crippen molar-refractivity contribution in [1.29, 1.82) is 0 Å². The summed E-state index contributed by atoms with van der Waals surface area (Å²) in [6.45, 7) is 4.60. The Bertz CT molecular complexity index is 598. The van der Waals surface area contributed by atoms with Gasteiger partial charge >= 0.3 is 0 Å². The Morgan fingerprint density at radius 1 is 1.30 bits per heavy atom. The first-order valence-electron chi connectivity index (χ1n) is 8.80. The molecule has 0 atom stereocenters. The number of carbonyl (C=O) groups is 2. The Morgan fingerprint density at radius 2 is 2.04 bits per heavy atom. The van der Waals surface area contributed by atoms with E-state index in [0.717, 1.165) is 62.1 Å². The standard InChI is InChI=1S/C18H27N3O2/c1-12-16-14(4-3-5-15(16)22)20-17(12)18(23)21-10-7-13(8-11-21)6-9-19-2/h13,19-20H,3-11H2,1-2H3. The highest BCUT2D eigenvalue weighted by Gasteiger charge is 2.30. The minimum atomic E-state index is 0.0665. The predicted molar refractivity (Wildman–Crippen MR) is 90.0 cm³/mol. The second kappa shape index (κ2) is 6.87. The monoisotopic (exact) mass is 317 g/mol. The Kier molecular flexibility index (Phi) is 4.85. The zero-order valence-corrected chi connectivity index (χ0v) is 14.2. The second-order valence-electron chi connectivity index (χ2n) is 6.88. The number of hydrogen-bond donors (Lipinski definition) is 2. The van der Waals surface area contributed by atoms with Gasteiger partial charge in [-0.2, -0.15) is 0 Å². The molecule has 1 saturated heterocycles. The zero-order valence-electron chi connectivity index (χ0n) is 14.2. The summed E-state index contributed by atoms with van der Waals surface area (Å²) in [5.41, 5.74) is 3.24. The van der Waals surface area contributed by atoms with Crippen LogP contribution in [0.25, 0.3) is 0 Å². The summed E-state index contributed by atoms with van der Waals surface area (Å²) in [6, 6.07) is 0. The van der Waals surface area contributed by atoms with E-state index in [4.69, 9.17) is 0 Å². The molecule has 1 aliphatic carbocycles. The summed E-state index contributed by atoms with van der Waals surface area (Å²) in [4.78, 5) is 30.1. The van der Waals surface area contributed by atoms with Gasteiger partial charge in [-0.15, -0.1) is 0 Å². The minimum absolute atomic E-state index is 0.0665. The normalized spacial score (nSPS) is 19.0. The number of aromatic amines is 1. The summed E-state index contributed by atoms with van der Waals surface area (Å²) >= 11 is 0. The summed E-state index contributed by atoms with van der Waals surface area (Å²) in [5, 5.41) is 3.20. The van der Waals surface area contributed by atoms with E-state index in [1.54, 1.807) is 0 Å². The van der Waals surface area contributed by atoms with E-state index in [1.807, 2.05) is 18.9 Å². The van der Waals surface area contributed by atoms with Gasteiger partial charge in [0.15, 0.2) is 5.78 Å². The number of nitrogens with zero attached hydrogens (tertiary/aromatic N) is 1. The van der Waals surface area contributed by atoms with Crippen molar-refractivity contribution in [3.8, 4) is 0 Å². The van der Waals surface area contributed by atoms with Gasteiger partial charge in [0, 0.05) is 30.8 Å². The third kappa shape index (κ3) is 3.20. The van der Waals surface area contributed by atoms with Gasteiger partial charge in [0.2, 0.25) is 0 Å². The molecule has 1 aromatic heterocycles. The molecule has 1 fully saturated rings. The molecule has 1 amide bonds. The highest BCUT2D eigenvalue weighted by molar-refractivity contribution is 6.04. The van der Waals surface area contributed by atoms with Gasteiger partial charge in [-0.05, 0) is 64.1 Å². The van der Waals surface area contributed by atoms with E-state index < -0.39 is 0 Å². The third-order valence-corrected chi connectivity index (χ3v) is 5.36. The summed E-state index contributed by atoms with van der Waals surface area (Å²) in [5.74, 6) is 0.965. The molecule has 0 radical (unpaired) electrons. The second-order valence-corrected chi connectivity index (χ2v) is 6.88. The number of rotatable bonds is 4. The van der Waals surface area contributed by atoms with Gasteiger partial charge in [0.05, 0.1) is 0 Å². The van der Waals surface area contributed by atoms with Crippen molar-refractivity contribution in [2.75, 3.05) is 26.7 Å². The van der Waals surface area contributed by atoms with Crippen LogP contribution in [0.1, 0.15) is 64.2 Å². The average Bonchev–Trinajstić information content (AvgIpc) is 2.91. The molecule has 2 heterocycles. The molecule has 0 aromatic carbocycles. The van der Waals surface area contributed by atoms with Crippen LogP contribution in [0, 0.1) is 12.8 Å². The van der Waals surface area contributed by atoms with Crippen molar-refractivity contribution in [3.63, 3.8) is 0 Å². The number of likely N-dealkylation sites (tertiary alicyclic amines) is 1. The lowest BCUT2D eigenvalue weighted by Gasteiger charge is -2.32. The maximum absolute atomic E-state index is 12.8. The van der Waals surface area contributed by atoms with Crippen molar-refractivity contribution >= 4 is 11.7 Å². The van der Waals surface area contributed by atoms with E-state index in [2.05, 4.69) is 10.3 Å². The molecule has 0 saturated carbocycles. The number of piperidine rings is 1. The lowest BCUT2D eigenvalue weighted by Crippen LogP contribution is -2.39. The number of aryl methyl sites for hydroxylation is 1. The number of fused-ring (bicyclic) bond motifs is 1. The molecule has 23 heavy (non-hydrogen) atoms. The fraction of sp³-hybridized carbons (Fsp3) is 0.667. The first kappa shape index (κ1) is 16.2. The molecule has 3 rings (SSSR count). The fourth-order valence-corrected chi connectivity index (χ4v) is 3.92. The highest BCUT2D eigenvalue weighted by Crippen LogP contribution is 2.28. The van der Waals surface area contributed by atoms with Gasteiger partial charge in [0.25, 0.3) is 5.91 Å². The largest absolute Gasteiger partial charge is 0.354 e. The van der Waals surface area contributed by atoms with Crippen LogP contribution in [0.3, 0.4) is 0 Å². The molecule has 2 aliphatic rings. The van der Waals surface area contributed by atoms with E-state index in [-0.39, 0.29) is 11.7 Å². The molecule has 5 nitrogen and oxygen atoms in total. The molecule has 1 aromatic rings. The van der Waals surface area contributed by atoms with Crippen molar-refractivity contribution in [3.05, 3.63) is 22.5 Å². The number of carbonyl (C=O) groups excluding carboxylic acids is 2. The van der Waals surface area contributed by atoms with Gasteiger partial charge in [0.1, 0.15) is 5.69 Å². The molecule has 1 aliphatic heterocycles. The molecular formula is C18H27N3O2. The van der Waals surface area contributed by atoms with Gasteiger partial charge < -0.3 is 15.2 Å². The van der Waals surface area contributed by atoms with Crippen molar-refractivity contribution in [2.45, 2.75) is 45.4 Å². The van der Waals surface area contributed by atoms with Crippen LogP contribution in [0.5, 0.6) is 0 Å². The van der Waals surface area contributed by atoms with Gasteiger partial charge in [-0.3, -0.25) is 9.59 Å². The molecule has 126 valence electrons.